The highest BCUT2D eigenvalue weighted by atomic mass is 31.2. The van der Waals surface area contributed by atoms with E-state index in [0.29, 0.717) is 5.92 Å². The Morgan fingerprint density at radius 1 is 0.906 bits per heavy atom. The van der Waals surface area contributed by atoms with Crippen molar-refractivity contribution in [2.75, 3.05) is 0 Å². The minimum absolute atomic E-state index is 0.109. The quantitative estimate of drug-likeness (QED) is 0.347. The lowest BCUT2D eigenvalue weighted by atomic mass is 9.91. The molecule has 1 aliphatic carbocycles. The molecule has 0 N–H and O–H groups in total. The van der Waals surface area contributed by atoms with Crippen molar-refractivity contribution in [1.82, 2.24) is 0 Å². The van der Waals surface area contributed by atoms with Crippen LogP contribution in [0.4, 0.5) is 0 Å². The number of rotatable bonds is 7. The molecule has 32 heavy (non-hydrogen) atoms. The molecular formula is C28H39O3P. The van der Waals surface area contributed by atoms with E-state index in [9.17, 15) is 0 Å². The van der Waals surface area contributed by atoms with Crippen LogP contribution in [0.3, 0.4) is 0 Å². The van der Waals surface area contributed by atoms with Gasteiger partial charge in [-0.1, -0.05) is 86.8 Å². The summed E-state index contributed by atoms with van der Waals surface area (Å²) >= 11 is 0. The maximum Gasteiger partial charge on any atom is 0.169 e. The molecule has 1 saturated carbocycles. The summed E-state index contributed by atoms with van der Waals surface area (Å²) in [6.45, 7) is 6.48. The molecule has 0 aromatic heterocycles. The molecule has 0 unspecified atom stereocenters. The van der Waals surface area contributed by atoms with Gasteiger partial charge in [-0.15, -0.1) is 0 Å². The van der Waals surface area contributed by atoms with Crippen LogP contribution in [0.25, 0.3) is 0 Å². The van der Waals surface area contributed by atoms with E-state index in [2.05, 4.69) is 45.0 Å². The highest BCUT2D eigenvalue weighted by Crippen LogP contribution is 2.58. The highest BCUT2D eigenvalue weighted by Gasteiger charge is 2.51. The molecule has 1 aliphatic heterocycles. The first kappa shape index (κ1) is 23.7. The fourth-order valence-corrected chi connectivity index (χ4v) is 9.51. The van der Waals surface area contributed by atoms with Crippen molar-refractivity contribution in [3.8, 4) is 0 Å². The van der Waals surface area contributed by atoms with Crippen LogP contribution >= 0.6 is 7.14 Å². The Labute approximate surface area is 194 Å². The Balaban J connectivity index is 1.75. The Morgan fingerprint density at radius 3 is 2.00 bits per heavy atom. The number of ether oxygens (including phenoxy) is 2. The Hall–Kier alpha value is -1.41. The second-order valence-corrected chi connectivity index (χ2v) is 12.8. The Bertz CT molecular complexity index is 844. The maximum absolute atomic E-state index is 15.2. The smallest absolute Gasteiger partial charge is 0.169 e. The lowest BCUT2D eigenvalue weighted by Gasteiger charge is -2.36. The molecule has 1 saturated heterocycles. The zero-order valence-electron chi connectivity index (χ0n) is 19.9. The minimum Gasteiger partial charge on any atom is -0.344 e. The third-order valence-corrected chi connectivity index (χ3v) is 11.3. The van der Waals surface area contributed by atoms with Gasteiger partial charge in [0.15, 0.2) is 5.79 Å². The molecule has 4 rings (SSSR count). The predicted octanol–water partition coefficient (Wildman–Crippen LogP) is 6.66. The Morgan fingerprint density at radius 2 is 1.47 bits per heavy atom. The van der Waals surface area contributed by atoms with E-state index in [1.54, 1.807) is 0 Å². The van der Waals surface area contributed by atoms with E-state index < -0.39 is 12.9 Å². The van der Waals surface area contributed by atoms with Gasteiger partial charge in [-0.3, -0.25) is 0 Å². The lowest BCUT2D eigenvalue weighted by molar-refractivity contribution is -0.187. The van der Waals surface area contributed by atoms with Gasteiger partial charge in [-0.25, -0.2) is 0 Å². The summed E-state index contributed by atoms with van der Waals surface area (Å²) in [6.07, 6.45) is 8.56. The van der Waals surface area contributed by atoms with Gasteiger partial charge in [0.25, 0.3) is 0 Å². The van der Waals surface area contributed by atoms with Crippen molar-refractivity contribution >= 4 is 17.8 Å². The average molecular weight is 455 g/mol. The van der Waals surface area contributed by atoms with Crippen molar-refractivity contribution in [2.24, 2.45) is 5.92 Å². The van der Waals surface area contributed by atoms with Crippen LogP contribution in [0.5, 0.6) is 0 Å². The summed E-state index contributed by atoms with van der Waals surface area (Å²) in [5.41, 5.74) is 0.113. The van der Waals surface area contributed by atoms with Gasteiger partial charge in [0.1, 0.15) is 7.14 Å². The maximum atomic E-state index is 15.2. The van der Waals surface area contributed by atoms with Crippen LogP contribution in [0.15, 0.2) is 60.7 Å². The third kappa shape index (κ3) is 4.76. The molecule has 3 nitrogen and oxygen atoms in total. The Kier molecular flexibility index (Phi) is 7.60. The second-order valence-electron chi connectivity index (χ2n) is 9.81. The van der Waals surface area contributed by atoms with E-state index >= 15 is 4.57 Å². The highest BCUT2D eigenvalue weighted by molar-refractivity contribution is 7.79. The number of unbranched alkanes of at least 4 members (excludes halogenated alkanes) is 2. The minimum atomic E-state index is -2.83. The summed E-state index contributed by atoms with van der Waals surface area (Å²) in [5.74, 6) is -0.198. The van der Waals surface area contributed by atoms with Crippen LogP contribution < -0.4 is 10.6 Å². The van der Waals surface area contributed by atoms with Crippen LogP contribution in [-0.2, 0) is 14.0 Å². The number of benzene rings is 2. The first-order valence-electron chi connectivity index (χ1n) is 12.5. The average Bonchev–Trinajstić information content (AvgIpc) is 2.98. The van der Waals surface area contributed by atoms with Gasteiger partial charge >= 0.3 is 0 Å². The van der Waals surface area contributed by atoms with Gasteiger partial charge in [0.05, 0.1) is 12.2 Å². The third-order valence-electron chi connectivity index (χ3n) is 7.56. The second kappa shape index (κ2) is 10.2. The van der Waals surface area contributed by atoms with E-state index in [1.807, 2.05) is 36.4 Å². The first-order chi connectivity index (χ1) is 15.5. The van der Waals surface area contributed by atoms with Gasteiger partial charge in [-0.05, 0) is 39.0 Å². The summed E-state index contributed by atoms with van der Waals surface area (Å²) in [6, 6.07) is 20.4. The van der Waals surface area contributed by atoms with Crippen LogP contribution in [0.1, 0.15) is 72.1 Å². The molecule has 4 atom stereocenters. The molecule has 1 spiro atoms. The predicted molar refractivity (Wildman–Crippen MR) is 133 cm³/mol. The topological polar surface area (TPSA) is 35.5 Å². The molecule has 2 fully saturated rings. The molecular weight excluding hydrogens is 415 g/mol. The summed E-state index contributed by atoms with van der Waals surface area (Å²) in [7, 11) is -2.83. The van der Waals surface area contributed by atoms with Crippen LogP contribution in [-0.4, -0.2) is 23.7 Å². The number of hydrogen-bond acceptors (Lipinski definition) is 3. The fraction of sp³-hybridized carbons (Fsp3) is 0.571. The SMILES string of the molecule is CCCCC[C@@H]1CC2(CCC[C@H]1P(=O)(c1ccccc1)c1ccccc1)O[C@H](C)[C@@H](C)O2. The fourth-order valence-electron chi connectivity index (χ4n) is 5.83. The molecule has 2 aromatic rings. The van der Waals surface area contributed by atoms with E-state index in [0.717, 1.165) is 42.7 Å². The van der Waals surface area contributed by atoms with Gasteiger partial charge in [0, 0.05) is 29.1 Å². The van der Waals surface area contributed by atoms with E-state index in [-0.39, 0.29) is 17.9 Å². The number of hydrogen-bond donors (Lipinski definition) is 0. The standard InChI is InChI=1S/C28H39O3P/c1-4-5-8-14-24-21-28(30-22(2)23(3)31-28)20-13-19-27(24)32(29,25-15-9-6-10-16-25)26-17-11-7-12-18-26/h6-7,9-12,15-18,22-24,27H,4-5,8,13-14,19-21H2,1-3H3/t22-,23-,24-,27-/m1/s1. The zero-order chi connectivity index (χ0) is 22.6. The molecule has 2 aromatic carbocycles. The van der Waals surface area contributed by atoms with E-state index in [4.69, 9.17) is 9.47 Å². The summed E-state index contributed by atoms with van der Waals surface area (Å²) in [4.78, 5) is 0. The lowest BCUT2D eigenvalue weighted by Crippen LogP contribution is -2.36. The molecule has 174 valence electrons. The van der Waals surface area contributed by atoms with Gasteiger partial charge in [0.2, 0.25) is 0 Å². The zero-order valence-corrected chi connectivity index (χ0v) is 20.8. The molecule has 0 bridgehead atoms. The summed E-state index contributed by atoms with van der Waals surface area (Å²) in [5, 5.41) is 1.98. The van der Waals surface area contributed by atoms with Crippen molar-refractivity contribution in [2.45, 2.75) is 95.8 Å². The van der Waals surface area contributed by atoms with Crippen LogP contribution in [0.2, 0.25) is 0 Å². The molecule has 4 heteroatoms. The van der Waals surface area contributed by atoms with Gasteiger partial charge < -0.3 is 14.0 Å². The molecule has 2 aliphatic rings. The first-order valence-corrected chi connectivity index (χ1v) is 14.3. The summed E-state index contributed by atoms with van der Waals surface area (Å²) < 4.78 is 28.2. The van der Waals surface area contributed by atoms with Crippen molar-refractivity contribution in [3.05, 3.63) is 60.7 Å². The molecule has 1 heterocycles. The molecule has 0 radical (unpaired) electrons. The molecule has 0 amide bonds. The van der Waals surface area contributed by atoms with Crippen molar-refractivity contribution in [3.63, 3.8) is 0 Å². The largest absolute Gasteiger partial charge is 0.344 e. The van der Waals surface area contributed by atoms with Gasteiger partial charge in [-0.2, -0.15) is 0 Å². The van der Waals surface area contributed by atoms with E-state index in [1.165, 1.54) is 19.3 Å². The van der Waals surface area contributed by atoms with Crippen molar-refractivity contribution < 1.29 is 14.0 Å². The normalized spacial score (nSPS) is 28.0. The monoisotopic (exact) mass is 454 g/mol. The van der Waals surface area contributed by atoms with Crippen LogP contribution in [0, 0.1) is 5.92 Å². The van der Waals surface area contributed by atoms with Crippen molar-refractivity contribution in [1.29, 1.82) is 0 Å².